The molecule has 0 unspecified atom stereocenters. The van der Waals surface area contributed by atoms with Gasteiger partial charge in [-0.1, -0.05) is 36.0 Å². The summed E-state index contributed by atoms with van der Waals surface area (Å²) in [6, 6.07) is 21.4. The maximum Gasteiger partial charge on any atom is 0.133 e. The average molecular weight is 394 g/mol. The van der Waals surface area contributed by atoms with Gasteiger partial charge in [-0.05, 0) is 42.5 Å². The van der Waals surface area contributed by atoms with Crippen molar-refractivity contribution in [3.05, 3.63) is 72.3 Å². The van der Waals surface area contributed by atoms with Crippen LogP contribution >= 0.6 is 11.8 Å². The molecule has 0 bridgehead atoms. The lowest BCUT2D eigenvalue weighted by Gasteiger charge is -2.13. The Morgan fingerprint density at radius 2 is 1.57 bits per heavy atom. The molecule has 0 aromatic heterocycles. The molecular formula is C22H22N2O3S. The molecule has 0 radical (unpaired) electrons. The van der Waals surface area contributed by atoms with Crippen LogP contribution in [0.1, 0.15) is 5.56 Å². The number of para-hydroxylation sites is 1. The minimum atomic E-state index is 0.741. The first kappa shape index (κ1) is 19.6. The van der Waals surface area contributed by atoms with Crippen molar-refractivity contribution in [3.63, 3.8) is 0 Å². The third-order valence-electron chi connectivity index (χ3n) is 4.00. The highest BCUT2D eigenvalue weighted by Gasteiger charge is 2.12. The molecule has 1 N–H and O–H groups in total. The average Bonchev–Trinajstić information content (AvgIpc) is 2.75. The van der Waals surface area contributed by atoms with Gasteiger partial charge in [0.2, 0.25) is 0 Å². The molecule has 3 rings (SSSR count). The van der Waals surface area contributed by atoms with Gasteiger partial charge < -0.3 is 14.2 Å². The Morgan fingerprint density at radius 1 is 0.786 bits per heavy atom. The monoisotopic (exact) mass is 394 g/mol. The minimum Gasteiger partial charge on any atom is -0.497 e. The summed E-state index contributed by atoms with van der Waals surface area (Å²) >= 11 is 1.57. The zero-order chi connectivity index (χ0) is 19.8. The summed E-state index contributed by atoms with van der Waals surface area (Å²) < 4.78 is 16.4. The Morgan fingerprint density at radius 3 is 2.29 bits per heavy atom. The zero-order valence-electron chi connectivity index (χ0n) is 16.0. The van der Waals surface area contributed by atoms with E-state index in [9.17, 15) is 0 Å². The van der Waals surface area contributed by atoms with E-state index in [2.05, 4.69) is 10.5 Å². The lowest BCUT2D eigenvalue weighted by Crippen LogP contribution is -1.97. The number of ether oxygens (including phenoxy) is 3. The van der Waals surface area contributed by atoms with Crippen LogP contribution in [0, 0.1) is 0 Å². The second-order valence-corrected chi connectivity index (χ2v) is 6.81. The number of nitrogens with zero attached hydrogens (tertiary/aromatic N) is 1. The first-order valence-electron chi connectivity index (χ1n) is 8.66. The maximum atomic E-state index is 5.54. The second kappa shape index (κ2) is 9.71. The summed E-state index contributed by atoms with van der Waals surface area (Å²) in [6.45, 7) is 0. The van der Waals surface area contributed by atoms with Gasteiger partial charge in [-0.15, -0.1) is 0 Å². The molecule has 0 heterocycles. The van der Waals surface area contributed by atoms with E-state index in [1.807, 2.05) is 66.7 Å². The third-order valence-corrected chi connectivity index (χ3v) is 5.11. The number of nitrogens with one attached hydrogen (secondary N) is 1. The Bertz CT molecular complexity index is 946. The smallest absolute Gasteiger partial charge is 0.133 e. The normalized spacial score (nSPS) is 10.7. The number of hydrazone groups is 1. The van der Waals surface area contributed by atoms with E-state index in [1.165, 1.54) is 0 Å². The number of methoxy groups -OCH3 is 3. The number of anilines is 1. The number of benzene rings is 3. The molecule has 0 aliphatic carbocycles. The van der Waals surface area contributed by atoms with Crippen LogP contribution < -0.4 is 19.6 Å². The quantitative estimate of drug-likeness (QED) is 0.414. The fourth-order valence-corrected chi connectivity index (χ4v) is 3.66. The van der Waals surface area contributed by atoms with E-state index in [-0.39, 0.29) is 0 Å². The molecule has 0 spiro atoms. The largest absolute Gasteiger partial charge is 0.497 e. The number of hydrogen-bond acceptors (Lipinski definition) is 6. The van der Waals surface area contributed by atoms with E-state index in [4.69, 9.17) is 14.2 Å². The molecule has 144 valence electrons. The highest BCUT2D eigenvalue weighted by molar-refractivity contribution is 7.99. The SMILES string of the molecule is COc1ccc(OC)c(Sc2cccc(OC)c2C=NNc2ccccc2)c1. The fraction of sp³-hybridized carbons (Fsp3) is 0.136. The summed E-state index contributed by atoms with van der Waals surface area (Å²) in [5.41, 5.74) is 4.83. The van der Waals surface area contributed by atoms with Crippen LogP contribution in [0.15, 0.2) is 81.6 Å². The van der Waals surface area contributed by atoms with Crippen molar-refractivity contribution in [2.45, 2.75) is 9.79 Å². The van der Waals surface area contributed by atoms with Gasteiger partial charge in [0, 0.05) is 4.90 Å². The van der Waals surface area contributed by atoms with Crippen molar-refractivity contribution >= 4 is 23.7 Å². The Labute approximate surface area is 169 Å². The van der Waals surface area contributed by atoms with E-state index >= 15 is 0 Å². The van der Waals surface area contributed by atoms with Crippen LogP contribution in [0.3, 0.4) is 0 Å². The summed E-state index contributed by atoms with van der Waals surface area (Å²) in [7, 11) is 4.95. The molecule has 0 saturated carbocycles. The van der Waals surface area contributed by atoms with Gasteiger partial charge in [0.1, 0.15) is 17.2 Å². The van der Waals surface area contributed by atoms with Gasteiger partial charge in [0.05, 0.1) is 43.7 Å². The molecule has 0 atom stereocenters. The summed E-state index contributed by atoms with van der Waals surface area (Å²) in [5.74, 6) is 2.29. The molecule has 5 nitrogen and oxygen atoms in total. The predicted molar refractivity (Wildman–Crippen MR) is 114 cm³/mol. The van der Waals surface area contributed by atoms with E-state index in [0.29, 0.717) is 0 Å². The van der Waals surface area contributed by atoms with Gasteiger partial charge in [0.15, 0.2) is 0 Å². The third kappa shape index (κ3) is 4.78. The van der Waals surface area contributed by atoms with Gasteiger partial charge in [0.25, 0.3) is 0 Å². The van der Waals surface area contributed by atoms with Crippen molar-refractivity contribution in [1.82, 2.24) is 0 Å². The molecular weight excluding hydrogens is 372 g/mol. The molecule has 0 saturated heterocycles. The van der Waals surface area contributed by atoms with Crippen LogP contribution in [-0.2, 0) is 0 Å². The van der Waals surface area contributed by atoms with E-state index in [1.54, 1.807) is 39.3 Å². The minimum absolute atomic E-state index is 0.741. The van der Waals surface area contributed by atoms with E-state index < -0.39 is 0 Å². The molecule has 0 aliphatic rings. The van der Waals surface area contributed by atoms with E-state index in [0.717, 1.165) is 38.3 Å². The van der Waals surface area contributed by atoms with Crippen molar-refractivity contribution < 1.29 is 14.2 Å². The first-order valence-corrected chi connectivity index (χ1v) is 9.48. The lowest BCUT2D eigenvalue weighted by molar-refractivity contribution is 0.394. The molecule has 6 heteroatoms. The van der Waals surface area contributed by atoms with Crippen LogP contribution in [-0.4, -0.2) is 27.5 Å². The molecule has 0 fully saturated rings. The number of hydrogen-bond donors (Lipinski definition) is 1. The summed E-state index contributed by atoms with van der Waals surface area (Å²) in [4.78, 5) is 1.94. The lowest BCUT2D eigenvalue weighted by atomic mass is 10.2. The topological polar surface area (TPSA) is 52.1 Å². The summed E-state index contributed by atoms with van der Waals surface area (Å²) in [6.07, 6.45) is 1.76. The second-order valence-electron chi connectivity index (χ2n) is 5.73. The highest BCUT2D eigenvalue weighted by atomic mass is 32.2. The van der Waals surface area contributed by atoms with Crippen molar-refractivity contribution in [1.29, 1.82) is 0 Å². The zero-order valence-corrected chi connectivity index (χ0v) is 16.8. The van der Waals surface area contributed by atoms with Crippen molar-refractivity contribution in [2.75, 3.05) is 26.8 Å². The van der Waals surface area contributed by atoms with Gasteiger partial charge in [-0.3, -0.25) is 5.43 Å². The van der Waals surface area contributed by atoms with Crippen LogP contribution in [0.5, 0.6) is 17.2 Å². The molecule has 0 amide bonds. The maximum absolute atomic E-state index is 5.54. The predicted octanol–water partition coefficient (Wildman–Crippen LogP) is 5.31. The van der Waals surface area contributed by atoms with Crippen molar-refractivity contribution in [3.8, 4) is 17.2 Å². The Hall–Kier alpha value is -3.12. The molecule has 3 aromatic carbocycles. The molecule has 0 aliphatic heterocycles. The summed E-state index contributed by atoms with van der Waals surface area (Å²) in [5, 5.41) is 4.37. The van der Waals surface area contributed by atoms with Crippen LogP contribution in [0.2, 0.25) is 0 Å². The fourth-order valence-electron chi connectivity index (χ4n) is 2.58. The first-order chi connectivity index (χ1) is 13.7. The van der Waals surface area contributed by atoms with Gasteiger partial charge in [-0.25, -0.2) is 0 Å². The van der Waals surface area contributed by atoms with Gasteiger partial charge in [-0.2, -0.15) is 5.10 Å². The molecule has 3 aromatic rings. The van der Waals surface area contributed by atoms with Crippen LogP contribution in [0.4, 0.5) is 5.69 Å². The Kier molecular flexibility index (Phi) is 6.81. The van der Waals surface area contributed by atoms with Crippen LogP contribution in [0.25, 0.3) is 0 Å². The molecule has 28 heavy (non-hydrogen) atoms. The highest BCUT2D eigenvalue weighted by Crippen LogP contribution is 2.40. The standard InChI is InChI=1S/C22H22N2O3S/c1-25-17-12-13-20(27-3)22(14-17)28-21-11-7-10-19(26-2)18(21)15-23-24-16-8-5-4-6-9-16/h4-15,24H,1-3H3. The number of rotatable bonds is 8. The Balaban J connectivity index is 1.91. The van der Waals surface area contributed by atoms with Crippen molar-refractivity contribution in [2.24, 2.45) is 5.10 Å². The van der Waals surface area contributed by atoms with Gasteiger partial charge >= 0.3 is 0 Å².